The number of benzene rings is 1. The molecule has 0 aliphatic heterocycles. The Kier molecular flexibility index (Phi) is 3.88. The van der Waals surface area contributed by atoms with Crippen LogP contribution in [-0.2, 0) is 9.53 Å². The first-order chi connectivity index (χ1) is 7.54. The standard InChI is InChI=1S/C11H13NO4/c1-7(11(15)16-2)12-10(14)8-4-3-5-9(13)6-8/h3-7,13H,1-2H3,(H,12,14)/t7-/m0/s1. The van der Waals surface area contributed by atoms with Crippen LogP contribution in [0.2, 0.25) is 0 Å². The van der Waals surface area contributed by atoms with E-state index in [1.165, 1.54) is 26.2 Å². The van der Waals surface area contributed by atoms with Crippen molar-refractivity contribution in [2.24, 2.45) is 0 Å². The molecular formula is C11H13NO4. The van der Waals surface area contributed by atoms with Crippen molar-refractivity contribution in [1.82, 2.24) is 5.32 Å². The molecule has 0 saturated heterocycles. The van der Waals surface area contributed by atoms with E-state index in [-0.39, 0.29) is 11.3 Å². The monoisotopic (exact) mass is 223 g/mol. The van der Waals surface area contributed by atoms with Crippen LogP contribution in [0.5, 0.6) is 5.75 Å². The minimum absolute atomic E-state index is 0.00151. The van der Waals surface area contributed by atoms with E-state index in [1.54, 1.807) is 12.1 Å². The van der Waals surface area contributed by atoms with Crippen molar-refractivity contribution in [3.8, 4) is 5.75 Å². The first-order valence-electron chi connectivity index (χ1n) is 4.72. The molecule has 0 fully saturated rings. The van der Waals surface area contributed by atoms with E-state index in [2.05, 4.69) is 10.1 Å². The Morgan fingerprint density at radius 2 is 2.12 bits per heavy atom. The van der Waals surface area contributed by atoms with Gasteiger partial charge in [-0.3, -0.25) is 4.79 Å². The molecule has 0 aliphatic carbocycles. The van der Waals surface area contributed by atoms with E-state index in [0.29, 0.717) is 0 Å². The summed E-state index contributed by atoms with van der Waals surface area (Å²) in [7, 11) is 1.25. The Labute approximate surface area is 93.0 Å². The van der Waals surface area contributed by atoms with Gasteiger partial charge in [-0.2, -0.15) is 0 Å². The van der Waals surface area contributed by atoms with Gasteiger partial charge in [0, 0.05) is 5.56 Å². The van der Waals surface area contributed by atoms with Crippen molar-refractivity contribution in [3.05, 3.63) is 29.8 Å². The first-order valence-corrected chi connectivity index (χ1v) is 4.72. The Hall–Kier alpha value is -2.04. The highest BCUT2D eigenvalue weighted by Gasteiger charge is 2.16. The van der Waals surface area contributed by atoms with E-state index in [0.717, 1.165) is 0 Å². The Bertz CT molecular complexity index is 403. The van der Waals surface area contributed by atoms with Gasteiger partial charge in [0.15, 0.2) is 0 Å². The number of carbonyl (C=O) groups is 2. The van der Waals surface area contributed by atoms with Gasteiger partial charge in [0.1, 0.15) is 11.8 Å². The minimum atomic E-state index is -0.722. The molecule has 0 spiro atoms. The number of hydrogen-bond acceptors (Lipinski definition) is 4. The number of methoxy groups -OCH3 is 1. The summed E-state index contributed by atoms with van der Waals surface area (Å²) in [5, 5.41) is 11.6. The maximum Gasteiger partial charge on any atom is 0.328 e. The number of esters is 1. The number of amides is 1. The predicted molar refractivity (Wildman–Crippen MR) is 57.1 cm³/mol. The molecule has 0 unspecified atom stereocenters. The summed E-state index contributed by atoms with van der Waals surface area (Å²) < 4.78 is 4.47. The third-order valence-corrected chi connectivity index (χ3v) is 2.01. The van der Waals surface area contributed by atoms with Gasteiger partial charge in [-0.25, -0.2) is 4.79 Å². The molecule has 5 nitrogen and oxygen atoms in total. The number of aromatic hydroxyl groups is 1. The van der Waals surface area contributed by atoms with Crippen molar-refractivity contribution < 1.29 is 19.4 Å². The topological polar surface area (TPSA) is 75.6 Å². The highest BCUT2D eigenvalue weighted by molar-refractivity contribution is 5.96. The van der Waals surface area contributed by atoms with Gasteiger partial charge in [0.25, 0.3) is 5.91 Å². The molecule has 5 heteroatoms. The molecule has 1 rings (SSSR count). The molecule has 1 amide bonds. The van der Waals surface area contributed by atoms with E-state index < -0.39 is 17.9 Å². The normalized spacial score (nSPS) is 11.6. The lowest BCUT2D eigenvalue weighted by molar-refractivity contribution is -0.142. The number of phenolic OH excluding ortho intramolecular Hbond substituents is 1. The molecule has 0 bridgehead atoms. The van der Waals surface area contributed by atoms with Crippen LogP contribution in [0.25, 0.3) is 0 Å². The molecule has 2 N–H and O–H groups in total. The molecule has 0 saturated carbocycles. The zero-order valence-electron chi connectivity index (χ0n) is 9.06. The summed E-state index contributed by atoms with van der Waals surface area (Å²) in [6, 6.07) is 5.14. The van der Waals surface area contributed by atoms with E-state index in [1.807, 2.05) is 0 Å². The molecule has 1 aromatic carbocycles. The Morgan fingerprint density at radius 3 is 2.69 bits per heavy atom. The summed E-state index contributed by atoms with van der Waals surface area (Å²) in [6.07, 6.45) is 0. The number of phenols is 1. The van der Waals surface area contributed by atoms with Crippen LogP contribution in [0.15, 0.2) is 24.3 Å². The fraction of sp³-hybridized carbons (Fsp3) is 0.273. The fourth-order valence-electron chi connectivity index (χ4n) is 1.16. The number of hydrogen-bond donors (Lipinski definition) is 2. The zero-order valence-corrected chi connectivity index (χ0v) is 9.06. The smallest absolute Gasteiger partial charge is 0.328 e. The molecule has 16 heavy (non-hydrogen) atoms. The third kappa shape index (κ3) is 2.98. The predicted octanol–water partition coefficient (Wildman–Crippen LogP) is 0.683. The van der Waals surface area contributed by atoms with Gasteiger partial charge in [0.05, 0.1) is 7.11 Å². The second-order valence-corrected chi connectivity index (χ2v) is 3.27. The molecule has 86 valence electrons. The average Bonchev–Trinajstić information content (AvgIpc) is 2.27. The highest BCUT2D eigenvalue weighted by atomic mass is 16.5. The van der Waals surface area contributed by atoms with Gasteiger partial charge in [-0.05, 0) is 25.1 Å². The van der Waals surface area contributed by atoms with Gasteiger partial charge in [0.2, 0.25) is 0 Å². The van der Waals surface area contributed by atoms with E-state index in [9.17, 15) is 14.7 Å². The molecule has 1 aromatic rings. The quantitative estimate of drug-likeness (QED) is 0.739. The molecular weight excluding hydrogens is 210 g/mol. The van der Waals surface area contributed by atoms with Gasteiger partial charge < -0.3 is 15.2 Å². The maximum atomic E-state index is 11.6. The van der Waals surface area contributed by atoms with Crippen LogP contribution in [-0.4, -0.2) is 30.1 Å². The second kappa shape index (κ2) is 5.16. The van der Waals surface area contributed by atoms with Crippen LogP contribution in [0.3, 0.4) is 0 Å². The van der Waals surface area contributed by atoms with Crippen molar-refractivity contribution in [3.63, 3.8) is 0 Å². The first kappa shape index (κ1) is 12.0. The molecule has 0 aliphatic rings. The lowest BCUT2D eigenvalue weighted by Gasteiger charge is -2.11. The Morgan fingerprint density at radius 1 is 1.44 bits per heavy atom. The summed E-state index contributed by atoms with van der Waals surface area (Å²) in [5.41, 5.74) is 0.288. The van der Waals surface area contributed by atoms with Gasteiger partial charge in [-0.15, -0.1) is 0 Å². The second-order valence-electron chi connectivity index (χ2n) is 3.27. The molecule has 0 heterocycles. The lowest BCUT2D eigenvalue weighted by atomic mass is 10.2. The molecule has 0 aromatic heterocycles. The number of carbonyl (C=O) groups excluding carboxylic acids is 2. The number of nitrogens with one attached hydrogen (secondary N) is 1. The van der Waals surface area contributed by atoms with Crippen molar-refractivity contribution in [1.29, 1.82) is 0 Å². The molecule has 0 radical (unpaired) electrons. The number of rotatable bonds is 3. The summed E-state index contributed by atoms with van der Waals surface area (Å²) in [4.78, 5) is 22.7. The minimum Gasteiger partial charge on any atom is -0.508 e. The van der Waals surface area contributed by atoms with Crippen LogP contribution >= 0.6 is 0 Å². The van der Waals surface area contributed by atoms with Crippen LogP contribution in [0, 0.1) is 0 Å². The molecule has 1 atom stereocenters. The van der Waals surface area contributed by atoms with Gasteiger partial charge in [-0.1, -0.05) is 6.07 Å². The van der Waals surface area contributed by atoms with Crippen molar-refractivity contribution >= 4 is 11.9 Å². The summed E-state index contributed by atoms with van der Waals surface area (Å²) >= 11 is 0. The van der Waals surface area contributed by atoms with Crippen molar-refractivity contribution in [2.75, 3.05) is 7.11 Å². The van der Waals surface area contributed by atoms with Crippen LogP contribution < -0.4 is 5.32 Å². The average molecular weight is 223 g/mol. The largest absolute Gasteiger partial charge is 0.508 e. The maximum absolute atomic E-state index is 11.6. The van der Waals surface area contributed by atoms with E-state index in [4.69, 9.17) is 0 Å². The zero-order chi connectivity index (χ0) is 12.1. The SMILES string of the molecule is COC(=O)[C@H](C)NC(=O)c1cccc(O)c1. The summed E-state index contributed by atoms with van der Waals surface area (Å²) in [6.45, 7) is 1.52. The lowest BCUT2D eigenvalue weighted by Crippen LogP contribution is -2.39. The highest BCUT2D eigenvalue weighted by Crippen LogP contribution is 2.10. The number of ether oxygens (including phenoxy) is 1. The Balaban J connectivity index is 2.69. The van der Waals surface area contributed by atoms with Crippen LogP contribution in [0.4, 0.5) is 0 Å². The van der Waals surface area contributed by atoms with E-state index >= 15 is 0 Å². The summed E-state index contributed by atoms with van der Waals surface area (Å²) in [5.74, 6) is -0.958. The fourth-order valence-corrected chi connectivity index (χ4v) is 1.16. The van der Waals surface area contributed by atoms with Crippen molar-refractivity contribution in [2.45, 2.75) is 13.0 Å². The van der Waals surface area contributed by atoms with Gasteiger partial charge >= 0.3 is 5.97 Å². The van der Waals surface area contributed by atoms with Crippen LogP contribution in [0.1, 0.15) is 17.3 Å². The third-order valence-electron chi connectivity index (χ3n) is 2.01.